The number of benzene rings is 2. The van der Waals surface area contributed by atoms with Gasteiger partial charge in [-0.1, -0.05) is 0 Å². The van der Waals surface area contributed by atoms with Crippen molar-refractivity contribution in [3.63, 3.8) is 0 Å². The summed E-state index contributed by atoms with van der Waals surface area (Å²) in [5.41, 5.74) is 0.174. The zero-order chi connectivity index (χ0) is 22.2. The molecule has 0 bridgehead atoms. The number of rotatable bonds is 5. The number of hydrogen-bond donors (Lipinski definition) is 1. The fraction of sp³-hybridized carbons (Fsp3) is 0.250. The third-order valence-electron chi connectivity index (χ3n) is 4.82. The van der Waals surface area contributed by atoms with Crippen molar-refractivity contribution in [2.45, 2.75) is 23.4 Å². The number of aliphatic hydroxyl groups excluding tert-OH is 1. The summed E-state index contributed by atoms with van der Waals surface area (Å²) in [6.45, 7) is -0.0440. The average molecular weight is 470 g/mol. The third kappa shape index (κ3) is 4.39. The van der Waals surface area contributed by atoms with E-state index in [1.807, 2.05) is 0 Å². The number of hydrogen-bond acceptors (Lipinski definition) is 7. The Bertz CT molecular complexity index is 1200. The van der Waals surface area contributed by atoms with Crippen LogP contribution in [0.5, 0.6) is 5.75 Å². The van der Waals surface area contributed by atoms with Gasteiger partial charge in [0.1, 0.15) is 23.1 Å². The fourth-order valence-corrected chi connectivity index (χ4v) is 5.63. The number of anilines is 2. The lowest BCUT2D eigenvalue weighted by atomic mass is 10.1. The van der Waals surface area contributed by atoms with E-state index in [1.165, 1.54) is 35.7 Å². The largest absolute Gasteiger partial charge is 0.489 e. The van der Waals surface area contributed by atoms with Gasteiger partial charge in [0.2, 0.25) is 0 Å². The molecule has 4 rings (SSSR count). The van der Waals surface area contributed by atoms with E-state index in [9.17, 15) is 26.7 Å². The number of fused-ring (bicyclic) bond motifs is 1. The predicted octanol–water partition coefficient (Wildman–Crippen LogP) is 4.16. The SMILES string of the molecule is O=S(=O)(Cc1nccs1)c1ccc2c(c1)OCCN2c1ccc(C(F)(F)F)cc1CO. The molecule has 3 aromatic rings. The Balaban J connectivity index is 1.70. The molecule has 1 N–H and O–H groups in total. The highest BCUT2D eigenvalue weighted by atomic mass is 32.2. The molecule has 1 aromatic heterocycles. The molecule has 0 unspecified atom stereocenters. The van der Waals surface area contributed by atoms with Gasteiger partial charge in [-0.15, -0.1) is 11.3 Å². The molecule has 1 aliphatic heterocycles. The van der Waals surface area contributed by atoms with Crippen LogP contribution in [0.1, 0.15) is 16.1 Å². The molecule has 0 saturated carbocycles. The van der Waals surface area contributed by atoms with Crippen LogP contribution in [0, 0.1) is 0 Å². The first-order chi connectivity index (χ1) is 14.7. The third-order valence-corrected chi connectivity index (χ3v) is 7.41. The lowest BCUT2D eigenvalue weighted by molar-refractivity contribution is -0.137. The highest BCUT2D eigenvalue weighted by Crippen LogP contribution is 2.41. The normalized spacial score (nSPS) is 14.3. The molecule has 0 atom stereocenters. The predicted molar refractivity (Wildman–Crippen MR) is 109 cm³/mol. The number of thiazole rings is 1. The standard InChI is InChI=1S/C20H17F3N2O4S2/c21-20(22,23)14-1-3-16(13(9-14)11-26)25-6-7-29-18-10-15(2-4-17(18)25)31(27,28)12-19-24-5-8-30-19/h1-5,8-10,26H,6-7,11-12H2. The Labute approximate surface area is 180 Å². The maximum atomic E-state index is 13.0. The highest BCUT2D eigenvalue weighted by molar-refractivity contribution is 7.90. The minimum Gasteiger partial charge on any atom is -0.489 e. The topological polar surface area (TPSA) is 79.7 Å². The molecule has 0 aliphatic carbocycles. The molecule has 2 aromatic carbocycles. The van der Waals surface area contributed by atoms with E-state index < -0.39 is 28.2 Å². The zero-order valence-electron chi connectivity index (χ0n) is 16.0. The van der Waals surface area contributed by atoms with Crippen molar-refractivity contribution in [1.29, 1.82) is 0 Å². The van der Waals surface area contributed by atoms with Gasteiger partial charge in [0, 0.05) is 28.9 Å². The van der Waals surface area contributed by atoms with Crippen LogP contribution in [-0.4, -0.2) is 31.7 Å². The summed E-state index contributed by atoms with van der Waals surface area (Å²) in [5.74, 6) is 0.0658. The summed E-state index contributed by atoms with van der Waals surface area (Å²) in [5, 5.41) is 11.8. The minimum absolute atomic E-state index is 0.0677. The van der Waals surface area contributed by atoms with E-state index in [-0.39, 0.29) is 22.8 Å². The van der Waals surface area contributed by atoms with Gasteiger partial charge in [-0.25, -0.2) is 13.4 Å². The second-order valence-electron chi connectivity index (χ2n) is 6.81. The second-order valence-corrected chi connectivity index (χ2v) is 9.78. The second kappa shape index (κ2) is 8.13. The van der Waals surface area contributed by atoms with E-state index in [2.05, 4.69) is 4.98 Å². The van der Waals surface area contributed by atoms with Crippen LogP contribution in [0.25, 0.3) is 0 Å². The van der Waals surface area contributed by atoms with Crippen LogP contribution < -0.4 is 9.64 Å². The summed E-state index contributed by atoms with van der Waals surface area (Å²) in [7, 11) is -3.65. The highest BCUT2D eigenvalue weighted by Gasteiger charge is 2.32. The van der Waals surface area contributed by atoms with Gasteiger partial charge in [-0.05, 0) is 30.3 Å². The van der Waals surface area contributed by atoms with E-state index >= 15 is 0 Å². The monoisotopic (exact) mass is 470 g/mol. The minimum atomic E-state index is -4.52. The number of aliphatic hydroxyl groups is 1. The summed E-state index contributed by atoms with van der Waals surface area (Å²) in [4.78, 5) is 5.78. The Morgan fingerprint density at radius 1 is 1.16 bits per heavy atom. The lowest BCUT2D eigenvalue weighted by Gasteiger charge is -2.33. The molecule has 31 heavy (non-hydrogen) atoms. The van der Waals surface area contributed by atoms with Gasteiger partial charge in [-0.3, -0.25) is 0 Å². The molecule has 2 heterocycles. The van der Waals surface area contributed by atoms with Crippen molar-refractivity contribution in [3.8, 4) is 5.75 Å². The molecule has 11 heteroatoms. The molecule has 6 nitrogen and oxygen atoms in total. The molecule has 1 aliphatic rings. The number of aromatic nitrogens is 1. The van der Waals surface area contributed by atoms with Crippen LogP contribution >= 0.6 is 11.3 Å². The van der Waals surface area contributed by atoms with E-state index in [1.54, 1.807) is 16.3 Å². The van der Waals surface area contributed by atoms with Crippen molar-refractivity contribution < 1.29 is 31.4 Å². The Morgan fingerprint density at radius 2 is 1.94 bits per heavy atom. The average Bonchev–Trinajstić information content (AvgIpc) is 3.24. The Kier molecular flexibility index (Phi) is 5.67. The quantitative estimate of drug-likeness (QED) is 0.603. The van der Waals surface area contributed by atoms with Crippen molar-refractivity contribution in [2.24, 2.45) is 0 Å². The summed E-state index contributed by atoms with van der Waals surface area (Å²) in [6, 6.07) is 7.58. The van der Waals surface area contributed by atoms with Gasteiger partial charge >= 0.3 is 6.18 Å². The summed E-state index contributed by atoms with van der Waals surface area (Å²) < 4.78 is 70.2. The van der Waals surface area contributed by atoms with Crippen LogP contribution in [-0.2, 0) is 28.4 Å². The first-order valence-electron chi connectivity index (χ1n) is 9.15. The maximum Gasteiger partial charge on any atom is 0.416 e. The molecule has 0 fully saturated rings. The van der Waals surface area contributed by atoms with E-state index in [0.29, 0.717) is 28.7 Å². The number of halogens is 3. The van der Waals surface area contributed by atoms with E-state index in [4.69, 9.17) is 4.74 Å². The number of sulfone groups is 1. The van der Waals surface area contributed by atoms with Gasteiger partial charge in [0.15, 0.2) is 9.84 Å². The molecule has 0 saturated heterocycles. The first-order valence-corrected chi connectivity index (χ1v) is 11.7. The van der Waals surface area contributed by atoms with Crippen molar-refractivity contribution >= 4 is 32.5 Å². The van der Waals surface area contributed by atoms with Crippen LogP contribution in [0.3, 0.4) is 0 Å². The van der Waals surface area contributed by atoms with Crippen LogP contribution in [0.2, 0.25) is 0 Å². The van der Waals surface area contributed by atoms with Crippen molar-refractivity contribution in [2.75, 3.05) is 18.1 Å². The summed E-state index contributed by atoms with van der Waals surface area (Å²) >= 11 is 1.24. The van der Waals surface area contributed by atoms with Crippen molar-refractivity contribution in [3.05, 3.63) is 64.1 Å². The number of alkyl halides is 3. The number of ether oxygens (including phenoxy) is 1. The Hall–Kier alpha value is -2.63. The molecule has 0 spiro atoms. The molecular formula is C20H17F3N2O4S2. The van der Waals surface area contributed by atoms with E-state index in [0.717, 1.165) is 12.1 Å². The van der Waals surface area contributed by atoms with Crippen molar-refractivity contribution in [1.82, 2.24) is 4.98 Å². The Morgan fingerprint density at radius 3 is 2.61 bits per heavy atom. The van der Waals surface area contributed by atoms with Crippen LogP contribution in [0.4, 0.5) is 24.5 Å². The summed E-state index contributed by atoms with van der Waals surface area (Å²) in [6.07, 6.45) is -2.99. The first kappa shape index (κ1) is 21.6. The maximum absolute atomic E-state index is 13.0. The van der Waals surface area contributed by atoms with Gasteiger partial charge in [0.25, 0.3) is 0 Å². The molecular weight excluding hydrogens is 453 g/mol. The van der Waals surface area contributed by atoms with Gasteiger partial charge in [0.05, 0.1) is 29.3 Å². The molecule has 0 radical (unpaired) electrons. The molecule has 164 valence electrons. The number of nitrogens with zero attached hydrogens (tertiary/aromatic N) is 2. The fourth-order valence-electron chi connectivity index (χ4n) is 3.37. The smallest absolute Gasteiger partial charge is 0.416 e. The lowest BCUT2D eigenvalue weighted by Crippen LogP contribution is -2.29. The zero-order valence-corrected chi connectivity index (χ0v) is 17.6. The van der Waals surface area contributed by atoms with Gasteiger partial charge in [-0.2, -0.15) is 13.2 Å². The molecule has 0 amide bonds. The van der Waals surface area contributed by atoms with Gasteiger partial charge < -0.3 is 14.7 Å². The van der Waals surface area contributed by atoms with Crippen LogP contribution in [0.15, 0.2) is 52.9 Å².